The molecular formula is C12H22ClN. The highest BCUT2D eigenvalue weighted by Crippen LogP contribution is 2.28. The standard InChI is InChI=1S/C12H22ClN/c1-10-9-14(8-7-12(10)13)11-5-3-2-4-6-11/h10-12H,2-9H2,1H3. The Morgan fingerprint density at radius 1 is 1.07 bits per heavy atom. The normalized spacial score (nSPS) is 37.3. The second kappa shape index (κ2) is 4.85. The molecule has 0 radical (unpaired) electrons. The summed E-state index contributed by atoms with van der Waals surface area (Å²) < 4.78 is 0. The molecule has 0 spiro atoms. The van der Waals surface area contributed by atoms with E-state index in [0.717, 1.165) is 6.04 Å². The van der Waals surface area contributed by atoms with Crippen molar-refractivity contribution < 1.29 is 0 Å². The molecule has 2 aliphatic rings. The Kier molecular flexibility index (Phi) is 3.73. The third kappa shape index (κ3) is 2.43. The summed E-state index contributed by atoms with van der Waals surface area (Å²) in [5.74, 6) is 0.687. The van der Waals surface area contributed by atoms with Crippen molar-refractivity contribution in [2.75, 3.05) is 13.1 Å². The molecule has 2 rings (SSSR count). The molecular weight excluding hydrogens is 194 g/mol. The zero-order valence-corrected chi connectivity index (χ0v) is 9.97. The number of hydrogen-bond acceptors (Lipinski definition) is 1. The second-order valence-corrected chi connectivity index (χ2v) is 5.63. The minimum absolute atomic E-state index is 0.426. The number of piperidine rings is 1. The maximum absolute atomic E-state index is 6.24. The van der Waals surface area contributed by atoms with E-state index < -0.39 is 0 Å². The average Bonchev–Trinajstić information content (AvgIpc) is 2.23. The summed E-state index contributed by atoms with van der Waals surface area (Å²) in [5.41, 5.74) is 0. The maximum atomic E-state index is 6.24. The molecule has 0 bridgehead atoms. The van der Waals surface area contributed by atoms with Crippen LogP contribution in [0, 0.1) is 5.92 Å². The summed E-state index contributed by atoms with van der Waals surface area (Å²) in [6.45, 7) is 4.77. The highest BCUT2D eigenvalue weighted by molar-refractivity contribution is 6.20. The van der Waals surface area contributed by atoms with Crippen LogP contribution < -0.4 is 0 Å². The van der Waals surface area contributed by atoms with Crippen LogP contribution in [0.2, 0.25) is 0 Å². The van der Waals surface area contributed by atoms with Gasteiger partial charge in [-0.25, -0.2) is 0 Å². The highest BCUT2D eigenvalue weighted by atomic mass is 35.5. The molecule has 1 saturated heterocycles. The quantitative estimate of drug-likeness (QED) is 0.607. The van der Waals surface area contributed by atoms with Crippen LogP contribution in [0.5, 0.6) is 0 Å². The smallest absolute Gasteiger partial charge is 0.0386 e. The van der Waals surface area contributed by atoms with E-state index in [1.807, 2.05) is 0 Å². The van der Waals surface area contributed by atoms with Gasteiger partial charge in [-0.1, -0.05) is 26.2 Å². The van der Waals surface area contributed by atoms with Gasteiger partial charge in [0.25, 0.3) is 0 Å². The zero-order valence-electron chi connectivity index (χ0n) is 9.21. The first kappa shape index (κ1) is 10.8. The van der Waals surface area contributed by atoms with Crippen LogP contribution in [-0.4, -0.2) is 29.4 Å². The van der Waals surface area contributed by atoms with E-state index in [1.54, 1.807) is 0 Å². The Hall–Kier alpha value is 0.250. The van der Waals surface area contributed by atoms with Crippen molar-refractivity contribution in [1.82, 2.24) is 4.90 Å². The molecule has 2 unspecified atom stereocenters. The number of alkyl halides is 1. The van der Waals surface area contributed by atoms with Crippen LogP contribution in [0.25, 0.3) is 0 Å². The molecule has 1 nitrogen and oxygen atoms in total. The Bertz CT molecular complexity index is 177. The predicted octanol–water partition coefficient (Wildman–Crippen LogP) is 3.27. The van der Waals surface area contributed by atoms with Crippen molar-refractivity contribution in [3.8, 4) is 0 Å². The van der Waals surface area contributed by atoms with Gasteiger partial charge in [-0.05, 0) is 31.7 Å². The number of rotatable bonds is 1. The molecule has 0 aromatic rings. The Morgan fingerprint density at radius 2 is 1.79 bits per heavy atom. The number of hydrogen-bond donors (Lipinski definition) is 0. The largest absolute Gasteiger partial charge is 0.300 e. The van der Waals surface area contributed by atoms with Crippen molar-refractivity contribution in [2.24, 2.45) is 5.92 Å². The average molecular weight is 216 g/mol. The predicted molar refractivity (Wildman–Crippen MR) is 61.9 cm³/mol. The van der Waals surface area contributed by atoms with Crippen LogP contribution in [0.15, 0.2) is 0 Å². The summed E-state index contributed by atoms with van der Waals surface area (Å²) in [5, 5.41) is 0.426. The van der Waals surface area contributed by atoms with Gasteiger partial charge in [0.05, 0.1) is 0 Å². The molecule has 2 heteroatoms. The lowest BCUT2D eigenvalue weighted by Gasteiger charge is -2.40. The fourth-order valence-electron chi connectivity index (χ4n) is 2.93. The first-order chi connectivity index (χ1) is 6.77. The lowest BCUT2D eigenvalue weighted by Crippen LogP contribution is -2.46. The van der Waals surface area contributed by atoms with Crippen molar-refractivity contribution in [3.63, 3.8) is 0 Å². The molecule has 1 aliphatic heterocycles. The third-order valence-corrected chi connectivity index (χ3v) is 4.57. The van der Waals surface area contributed by atoms with E-state index in [-0.39, 0.29) is 0 Å². The number of likely N-dealkylation sites (tertiary alicyclic amines) is 1. The SMILES string of the molecule is CC1CN(C2CCCCC2)CCC1Cl. The van der Waals surface area contributed by atoms with Gasteiger partial charge in [-0.2, -0.15) is 0 Å². The van der Waals surface area contributed by atoms with Gasteiger partial charge in [-0.15, -0.1) is 11.6 Å². The third-order valence-electron chi connectivity index (χ3n) is 3.92. The summed E-state index contributed by atoms with van der Waals surface area (Å²) in [7, 11) is 0. The molecule has 0 aromatic carbocycles. The van der Waals surface area contributed by atoms with Crippen LogP contribution in [0.4, 0.5) is 0 Å². The van der Waals surface area contributed by atoms with Crippen molar-refractivity contribution in [1.29, 1.82) is 0 Å². The molecule has 1 heterocycles. The van der Waals surface area contributed by atoms with E-state index in [1.165, 1.54) is 51.6 Å². The molecule has 0 N–H and O–H groups in total. The second-order valence-electron chi connectivity index (χ2n) is 5.07. The topological polar surface area (TPSA) is 3.24 Å². The van der Waals surface area contributed by atoms with E-state index >= 15 is 0 Å². The highest BCUT2D eigenvalue weighted by Gasteiger charge is 2.29. The Labute approximate surface area is 92.8 Å². The monoisotopic (exact) mass is 215 g/mol. The fraction of sp³-hybridized carbons (Fsp3) is 1.00. The van der Waals surface area contributed by atoms with Gasteiger partial charge in [0.2, 0.25) is 0 Å². The summed E-state index contributed by atoms with van der Waals surface area (Å²) in [6.07, 6.45) is 8.40. The first-order valence-corrected chi connectivity index (χ1v) is 6.59. The van der Waals surface area contributed by atoms with Gasteiger partial charge in [0.15, 0.2) is 0 Å². The van der Waals surface area contributed by atoms with Crippen molar-refractivity contribution >= 4 is 11.6 Å². The van der Waals surface area contributed by atoms with Gasteiger partial charge >= 0.3 is 0 Å². The van der Waals surface area contributed by atoms with Crippen LogP contribution >= 0.6 is 11.6 Å². The van der Waals surface area contributed by atoms with Gasteiger partial charge in [0.1, 0.15) is 0 Å². The van der Waals surface area contributed by atoms with Crippen LogP contribution in [-0.2, 0) is 0 Å². The summed E-state index contributed by atoms with van der Waals surface area (Å²) >= 11 is 6.24. The molecule has 2 fully saturated rings. The van der Waals surface area contributed by atoms with Gasteiger partial charge in [0, 0.05) is 18.0 Å². The lowest BCUT2D eigenvalue weighted by molar-refractivity contribution is 0.106. The molecule has 1 saturated carbocycles. The fourth-order valence-corrected chi connectivity index (χ4v) is 3.10. The minimum Gasteiger partial charge on any atom is -0.300 e. The number of halogens is 1. The van der Waals surface area contributed by atoms with Gasteiger partial charge < -0.3 is 4.90 Å². The van der Waals surface area contributed by atoms with E-state index in [0.29, 0.717) is 11.3 Å². The molecule has 2 atom stereocenters. The van der Waals surface area contributed by atoms with Crippen LogP contribution in [0.1, 0.15) is 45.4 Å². The molecule has 0 amide bonds. The van der Waals surface area contributed by atoms with E-state index in [2.05, 4.69) is 11.8 Å². The molecule has 82 valence electrons. The van der Waals surface area contributed by atoms with Crippen LogP contribution in [0.3, 0.4) is 0 Å². The van der Waals surface area contributed by atoms with Crippen molar-refractivity contribution in [2.45, 2.75) is 56.9 Å². The molecule has 0 aromatic heterocycles. The lowest BCUT2D eigenvalue weighted by atomic mass is 9.90. The summed E-state index contributed by atoms with van der Waals surface area (Å²) in [6, 6.07) is 0.885. The summed E-state index contributed by atoms with van der Waals surface area (Å²) in [4.78, 5) is 2.70. The van der Waals surface area contributed by atoms with Crippen molar-refractivity contribution in [3.05, 3.63) is 0 Å². The maximum Gasteiger partial charge on any atom is 0.0386 e. The minimum atomic E-state index is 0.426. The first-order valence-electron chi connectivity index (χ1n) is 6.15. The molecule has 1 aliphatic carbocycles. The number of nitrogens with zero attached hydrogens (tertiary/aromatic N) is 1. The molecule has 14 heavy (non-hydrogen) atoms. The Morgan fingerprint density at radius 3 is 2.43 bits per heavy atom. The zero-order chi connectivity index (χ0) is 9.97. The van der Waals surface area contributed by atoms with E-state index in [9.17, 15) is 0 Å². The van der Waals surface area contributed by atoms with E-state index in [4.69, 9.17) is 11.6 Å². The van der Waals surface area contributed by atoms with Gasteiger partial charge in [-0.3, -0.25) is 0 Å². The Balaban J connectivity index is 1.85.